The maximum absolute atomic E-state index is 11.5. The van der Waals surface area contributed by atoms with Crippen molar-refractivity contribution in [3.8, 4) is 5.75 Å². The highest BCUT2D eigenvalue weighted by Crippen LogP contribution is 2.54. The number of rotatable bonds is 5. The molecule has 0 N–H and O–H groups in total. The van der Waals surface area contributed by atoms with E-state index in [0.29, 0.717) is 17.9 Å². The average molecular weight is 429 g/mol. The fourth-order valence-corrected chi connectivity index (χ4v) is 4.36. The first-order valence-corrected chi connectivity index (χ1v) is 10.1. The molecule has 0 saturated heterocycles. The molecule has 1 atom stereocenters. The maximum Gasteiger partial charge on any atom is 0.320 e. The molecule has 0 aliphatic carbocycles. The molecule has 2 aliphatic heterocycles. The second-order valence-corrected chi connectivity index (χ2v) is 8.03. The van der Waals surface area contributed by atoms with E-state index in [-0.39, 0.29) is 18.2 Å². The van der Waals surface area contributed by atoms with Crippen molar-refractivity contribution in [2.75, 3.05) is 23.9 Å². The van der Waals surface area contributed by atoms with Gasteiger partial charge in [-0.2, -0.15) is 0 Å². The van der Waals surface area contributed by atoms with Crippen LogP contribution in [0.5, 0.6) is 5.75 Å². The van der Waals surface area contributed by atoms with E-state index in [1.165, 1.54) is 12.1 Å². The fraction of sp³-hybridized carbons (Fsp3) is 0.318. The Morgan fingerprint density at radius 3 is 2.77 bits per heavy atom. The minimum Gasteiger partial charge on any atom is -0.463 e. The van der Waals surface area contributed by atoms with E-state index in [2.05, 4.69) is 24.8 Å². The molecule has 7 nitrogen and oxygen atoms in total. The van der Waals surface area contributed by atoms with Crippen molar-refractivity contribution >= 4 is 35.0 Å². The number of esters is 1. The van der Waals surface area contributed by atoms with Crippen molar-refractivity contribution in [3.05, 3.63) is 69.8 Å². The predicted octanol–water partition coefficient (Wildman–Crippen LogP) is 4.28. The van der Waals surface area contributed by atoms with Gasteiger partial charge in [0.1, 0.15) is 18.2 Å². The van der Waals surface area contributed by atoms with Gasteiger partial charge in [0.05, 0.1) is 16.9 Å². The van der Waals surface area contributed by atoms with Gasteiger partial charge in [0.25, 0.3) is 5.69 Å². The molecular formula is C22H21ClN2O5. The molecule has 2 aromatic carbocycles. The predicted molar refractivity (Wildman–Crippen MR) is 114 cm³/mol. The molecule has 8 heteroatoms. The van der Waals surface area contributed by atoms with Gasteiger partial charge in [-0.25, -0.2) is 0 Å². The van der Waals surface area contributed by atoms with Gasteiger partial charge in [-0.3, -0.25) is 14.9 Å². The lowest BCUT2D eigenvalue weighted by Crippen LogP contribution is -2.60. The Morgan fingerprint density at radius 2 is 2.03 bits per heavy atom. The van der Waals surface area contributed by atoms with E-state index in [4.69, 9.17) is 21.1 Å². The number of ether oxygens (including phenoxy) is 2. The van der Waals surface area contributed by atoms with Crippen LogP contribution in [0.15, 0.2) is 48.5 Å². The molecular weight excluding hydrogens is 408 g/mol. The molecule has 0 bridgehead atoms. The van der Waals surface area contributed by atoms with Gasteiger partial charge in [-0.15, -0.1) is 11.6 Å². The molecule has 2 aromatic rings. The number of hydrogen-bond acceptors (Lipinski definition) is 6. The summed E-state index contributed by atoms with van der Waals surface area (Å²) in [6.45, 7) is 4.74. The van der Waals surface area contributed by atoms with E-state index in [0.717, 1.165) is 11.3 Å². The number of nitrogens with zero attached hydrogens (tertiary/aromatic N) is 2. The van der Waals surface area contributed by atoms with E-state index in [1.54, 1.807) is 6.07 Å². The number of alkyl halides is 1. The Hall–Kier alpha value is -3.06. The van der Waals surface area contributed by atoms with Crippen LogP contribution in [0.4, 0.5) is 11.4 Å². The molecule has 0 aromatic heterocycles. The Morgan fingerprint density at radius 1 is 1.27 bits per heavy atom. The highest BCUT2D eigenvalue weighted by molar-refractivity contribution is 6.26. The van der Waals surface area contributed by atoms with Crippen molar-refractivity contribution in [2.45, 2.75) is 25.0 Å². The van der Waals surface area contributed by atoms with Gasteiger partial charge < -0.3 is 14.4 Å². The van der Waals surface area contributed by atoms with Crippen LogP contribution in [-0.2, 0) is 14.9 Å². The second kappa shape index (κ2) is 7.32. The van der Waals surface area contributed by atoms with Gasteiger partial charge in [-0.1, -0.05) is 18.2 Å². The summed E-state index contributed by atoms with van der Waals surface area (Å²) < 4.78 is 11.8. The van der Waals surface area contributed by atoms with E-state index < -0.39 is 22.0 Å². The molecule has 2 aliphatic rings. The third kappa shape index (κ3) is 3.01. The SMILES string of the molecule is CC1(C)c2ccccc2N(CCOC(=O)CCl)C12C=Cc1cc([N+](=O)[O-])ccc1O2. The van der Waals surface area contributed by atoms with Gasteiger partial charge in [-0.05, 0) is 43.7 Å². The number of nitro groups is 1. The van der Waals surface area contributed by atoms with Crippen LogP contribution in [0.2, 0.25) is 0 Å². The molecule has 0 fully saturated rings. The first-order valence-electron chi connectivity index (χ1n) is 9.55. The minimum absolute atomic E-state index is 0.0109. The van der Waals surface area contributed by atoms with Crippen molar-refractivity contribution in [2.24, 2.45) is 0 Å². The largest absolute Gasteiger partial charge is 0.463 e. The molecule has 4 rings (SSSR count). The Balaban J connectivity index is 1.75. The molecule has 2 heterocycles. The van der Waals surface area contributed by atoms with Crippen molar-refractivity contribution in [1.29, 1.82) is 0 Å². The summed E-state index contributed by atoms with van der Waals surface area (Å²) in [4.78, 5) is 24.3. The summed E-state index contributed by atoms with van der Waals surface area (Å²) in [5.74, 6) is -0.113. The molecule has 0 amide bonds. The van der Waals surface area contributed by atoms with Crippen LogP contribution in [-0.4, -0.2) is 35.6 Å². The first-order chi connectivity index (χ1) is 14.3. The van der Waals surface area contributed by atoms with Crippen molar-refractivity contribution < 1.29 is 19.2 Å². The highest BCUT2D eigenvalue weighted by Gasteiger charge is 2.58. The Kier molecular flexibility index (Phi) is 4.94. The quantitative estimate of drug-likeness (QED) is 0.306. The lowest BCUT2D eigenvalue weighted by Gasteiger charge is -2.47. The third-order valence-corrected chi connectivity index (χ3v) is 6.03. The van der Waals surface area contributed by atoms with E-state index in [9.17, 15) is 14.9 Å². The van der Waals surface area contributed by atoms with Crippen LogP contribution < -0.4 is 9.64 Å². The Labute approximate surface area is 179 Å². The van der Waals surface area contributed by atoms with Gasteiger partial charge >= 0.3 is 5.97 Å². The molecule has 0 radical (unpaired) electrons. The normalized spacial score (nSPS) is 20.4. The maximum atomic E-state index is 11.5. The number of non-ortho nitro benzene ring substituents is 1. The Bertz CT molecular complexity index is 1050. The van der Waals surface area contributed by atoms with Crippen molar-refractivity contribution in [1.82, 2.24) is 0 Å². The van der Waals surface area contributed by atoms with E-state index >= 15 is 0 Å². The van der Waals surface area contributed by atoms with Crippen molar-refractivity contribution in [3.63, 3.8) is 0 Å². The van der Waals surface area contributed by atoms with E-state index in [1.807, 2.05) is 30.4 Å². The number of anilines is 1. The minimum atomic E-state index is -0.882. The summed E-state index contributed by atoms with van der Waals surface area (Å²) in [5, 5.41) is 11.1. The standard InChI is InChI=1S/C22H21ClN2O5/c1-21(2)17-5-3-4-6-18(17)24(11-12-29-20(26)14-23)22(21)10-9-15-13-16(25(27)28)7-8-19(15)30-22/h3-10,13H,11-12,14H2,1-2H3. The number of para-hydroxylation sites is 1. The second-order valence-electron chi connectivity index (χ2n) is 7.76. The summed E-state index contributed by atoms with van der Waals surface area (Å²) in [6.07, 6.45) is 3.79. The third-order valence-electron chi connectivity index (χ3n) is 5.81. The lowest BCUT2D eigenvalue weighted by molar-refractivity contribution is -0.384. The number of benzene rings is 2. The van der Waals surface area contributed by atoms with Crippen LogP contribution in [0.1, 0.15) is 25.0 Å². The number of halogens is 1. The summed E-state index contributed by atoms with van der Waals surface area (Å²) in [6, 6.07) is 12.6. The summed E-state index contributed by atoms with van der Waals surface area (Å²) in [7, 11) is 0. The highest BCUT2D eigenvalue weighted by atomic mass is 35.5. The average Bonchev–Trinajstić information content (AvgIpc) is 2.92. The van der Waals surface area contributed by atoms with Crippen LogP contribution in [0.25, 0.3) is 6.08 Å². The molecule has 1 unspecified atom stereocenters. The number of carbonyl (C=O) groups excluding carboxylic acids is 1. The number of nitro benzene ring substituents is 1. The molecule has 30 heavy (non-hydrogen) atoms. The van der Waals surface area contributed by atoms with Crippen LogP contribution in [0, 0.1) is 10.1 Å². The van der Waals surface area contributed by atoms with Gasteiger partial charge in [0, 0.05) is 23.4 Å². The van der Waals surface area contributed by atoms with Gasteiger partial charge in [0.15, 0.2) is 0 Å². The lowest BCUT2D eigenvalue weighted by atomic mass is 9.76. The van der Waals surface area contributed by atoms with Crippen LogP contribution >= 0.6 is 11.6 Å². The monoisotopic (exact) mass is 428 g/mol. The number of fused-ring (bicyclic) bond motifs is 2. The zero-order valence-electron chi connectivity index (χ0n) is 16.6. The molecule has 1 spiro atoms. The zero-order chi connectivity index (χ0) is 21.5. The number of carbonyl (C=O) groups is 1. The van der Waals surface area contributed by atoms with Gasteiger partial charge in [0.2, 0.25) is 5.72 Å². The fourth-order valence-electron chi connectivity index (χ4n) is 4.28. The summed E-state index contributed by atoms with van der Waals surface area (Å²) in [5.41, 5.74) is 1.42. The summed E-state index contributed by atoms with van der Waals surface area (Å²) >= 11 is 5.54. The first kappa shape index (κ1) is 20.2. The topological polar surface area (TPSA) is 81.9 Å². The molecule has 156 valence electrons. The molecule has 0 saturated carbocycles. The number of hydrogen-bond donors (Lipinski definition) is 0. The van der Waals surface area contributed by atoms with Crippen LogP contribution in [0.3, 0.4) is 0 Å². The zero-order valence-corrected chi connectivity index (χ0v) is 17.4. The smallest absolute Gasteiger partial charge is 0.320 e.